The van der Waals surface area contributed by atoms with Crippen LogP contribution in [0.1, 0.15) is 11.1 Å². The number of aryl methyl sites for hydroxylation is 1. The van der Waals surface area contributed by atoms with Gasteiger partial charge in [-0.3, -0.25) is 4.79 Å². The summed E-state index contributed by atoms with van der Waals surface area (Å²) in [4.78, 5) is 11.5. The topological polar surface area (TPSA) is 41.5 Å². The van der Waals surface area contributed by atoms with Crippen molar-refractivity contribution in [3.63, 3.8) is 0 Å². The highest BCUT2D eigenvalue weighted by Gasteiger charge is 3.02. The summed E-state index contributed by atoms with van der Waals surface area (Å²) in [5.41, 5.74) is -5.34. The van der Waals surface area contributed by atoms with Gasteiger partial charge in [-0.25, -0.2) is 9.82 Å². The number of hydrogen-bond acceptors (Lipinski definition) is 2. The molecule has 1 aliphatic rings. The van der Waals surface area contributed by atoms with E-state index >= 15 is 0 Å². The third-order valence-corrected chi connectivity index (χ3v) is 4.21. The molecule has 29 heavy (non-hydrogen) atoms. The summed E-state index contributed by atoms with van der Waals surface area (Å²) in [7, 11) is 0. The predicted octanol–water partition coefficient (Wildman–Crippen LogP) is 4.34. The molecule has 0 radical (unpaired) electrons. The summed E-state index contributed by atoms with van der Waals surface area (Å²) in [6, 6.07) is 5.46. The van der Waals surface area contributed by atoms with Crippen molar-refractivity contribution in [3.05, 3.63) is 35.4 Å². The maximum absolute atomic E-state index is 14.4. The normalized spacial score (nSPS) is 25.5. The van der Waals surface area contributed by atoms with Crippen LogP contribution in [0.2, 0.25) is 0 Å². The number of amides is 1. The van der Waals surface area contributed by atoms with E-state index in [0.717, 1.165) is 0 Å². The molecule has 1 aromatic carbocycles. The molecule has 1 aromatic rings. The molecule has 162 valence electrons. The molecule has 0 saturated heterocycles. The molecule has 1 fully saturated rings. The van der Waals surface area contributed by atoms with Gasteiger partial charge in [-0.1, -0.05) is 29.8 Å². The summed E-state index contributed by atoms with van der Waals surface area (Å²) in [5.74, 6) is -40.0. The minimum Gasteiger partial charge on any atom is -0.269 e. The van der Waals surface area contributed by atoms with Crippen molar-refractivity contribution in [1.29, 1.82) is 0 Å². The van der Waals surface area contributed by atoms with E-state index in [2.05, 4.69) is 5.10 Å². The molecular weight excluding hydrogens is 433 g/mol. The highest BCUT2D eigenvalue weighted by molar-refractivity contribution is 5.90. The Morgan fingerprint density at radius 2 is 1.14 bits per heavy atom. The van der Waals surface area contributed by atoms with Crippen molar-refractivity contribution >= 4 is 12.1 Å². The second kappa shape index (κ2) is 6.29. The molecular formula is C15H9F11N2O. The van der Waals surface area contributed by atoms with Crippen LogP contribution < -0.4 is 5.43 Å². The number of nitrogens with zero attached hydrogens (tertiary/aromatic N) is 1. The minimum absolute atomic E-state index is 0.0631. The number of alkyl halides is 11. The third kappa shape index (κ3) is 2.63. The Morgan fingerprint density at radius 3 is 1.55 bits per heavy atom. The highest BCUT2D eigenvalue weighted by Crippen LogP contribution is 2.69. The van der Waals surface area contributed by atoms with E-state index in [9.17, 15) is 53.1 Å². The van der Waals surface area contributed by atoms with Crippen molar-refractivity contribution in [2.75, 3.05) is 0 Å². The Morgan fingerprint density at radius 1 is 0.759 bits per heavy atom. The van der Waals surface area contributed by atoms with E-state index in [1.165, 1.54) is 24.3 Å². The lowest BCUT2D eigenvalue weighted by Crippen LogP contribution is -2.86. The number of hydrazone groups is 1. The lowest BCUT2D eigenvalue weighted by Gasteiger charge is -2.51. The number of rotatable bonds is 3. The molecule has 3 nitrogen and oxygen atoms in total. The monoisotopic (exact) mass is 442 g/mol. The zero-order chi connectivity index (χ0) is 22.7. The van der Waals surface area contributed by atoms with E-state index in [4.69, 9.17) is 0 Å². The summed E-state index contributed by atoms with van der Waals surface area (Å²) in [5, 5.41) is 2.75. The van der Waals surface area contributed by atoms with Crippen LogP contribution in [0.5, 0.6) is 0 Å². The average Bonchev–Trinajstić information content (AvgIpc) is 2.60. The van der Waals surface area contributed by atoms with Crippen LogP contribution in [0.3, 0.4) is 0 Å². The Kier molecular flexibility index (Phi) is 4.96. The zero-order valence-corrected chi connectivity index (χ0v) is 13.9. The second-order valence-corrected chi connectivity index (χ2v) is 6.14. The van der Waals surface area contributed by atoms with E-state index in [-0.39, 0.29) is 5.56 Å². The van der Waals surface area contributed by atoms with Gasteiger partial charge in [0.2, 0.25) is 0 Å². The van der Waals surface area contributed by atoms with Gasteiger partial charge in [0.15, 0.2) is 0 Å². The summed E-state index contributed by atoms with van der Waals surface area (Å²) in [6.07, 6.45) is 0.546. The lowest BCUT2D eigenvalue weighted by molar-refractivity contribution is -0.476. The van der Waals surface area contributed by atoms with Gasteiger partial charge in [0, 0.05) is 0 Å². The van der Waals surface area contributed by atoms with Gasteiger partial charge >= 0.3 is 35.3 Å². The SMILES string of the molecule is Cc1ccc(/C=N/NC(=O)C2(F)C(F)(F)C(F)(F)C(F)(F)C(F)(F)C2(F)F)cc1. The van der Waals surface area contributed by atoms with E-state index in [0.29, 0.717) is 17.2 Å². The molecule has 1 aliphatic carbocycles. The van der Waals surface area contributed by atoms with Crippen LogP contribution in [-0.4, -0.2) is 47.4 Å². The molecule has 2 rings (SSSR count). The van der Waals surface area contributed by atoms with Crippen molar-refractivity contribution in [2.24, 2.45) is 5.10 Å². The smallest absolute Gasteiger partial charge is 0.269 e. The first-order valence-electron chi connectivity index (χ1n) is 7.37. The van der Waals surface area contributed by atoms with Crippen molar-refractivity contribution in [1.82, 2.24) is 5.43 Å². The largest absolute Gasteiger partial charge is 0.384 e. The standard InChI is InChI=1S/C15H9F11N2O/c1-7-2-4-8(5-3-7)6-27-28-9(29)10(16)11(17,18)13(21,22)15(25,26)14(23,24)12(10,19)20/h2-6H,1H3,(H,28,29)/b27-6+. The summed E-state index contributed by atoms with van der Waals surface area (Å²) < 4.78 is 148. The van der Waals surface area contributed by atoms with Crippen LogP contribution >= 0.6 is 0 Å². The summed E-state index contributed by atoms with van der Waals surface area (Å²) >= 11 is 0. The Labute approximate surface area is 154 Å². The number of carbonyl (C=O) groups excluding carboxylic acids is 1. The van der Waals surface area contributed by atoms with Crippen LogP contribution in [0.4, 0.5) is 48.3 Å². The molecule has 0 bridgehead atoms. The first kappa shape index (κ1) is 22.9. The maximum atomic E-state index is 14.4. The second-order valence-electron chi connectivity index (χ2n) is 6.14. The number of halogens is 11. The fraction of sp³-hybridized carbons (Fsp3) is 0.467. The quantitative estimate of drug-likeness (QED) is 0.423. The predicted molar refractivity (Wildman–Crippen MR) is 75.5 cm³/mol. The molecule has 0 aliphatic heterocycles. The fourth-order valence-corrected chi connectivity index (χ4v) is 2.40. The van der Waals surface area contributed by atoms with E-state index < -0.39 is 41.2 Å². The van der Waals surface area contributed by atoms with E-state index in [1.54, 1.807) is 6.92 Å². The van der Waals surface area contributed by atoms with Gasteiger partial charge in [0.25, 0.3) is 5.91 Å². The number of nitrogens with one attached hydrogen (secondary N) is 1. The van der Waals surface area contributed by atoms with Gasteiger partial charge in [-0.15, -0.1) is 0 Å². The van der Waals surface area contributed by atoms with Crippen LogP contribution in [0, 0.1) is 6.92 Å². The van der Waals surface area contributed by atoms with Crippen LogP contribution in [0.15, 0.2) is 29.4 Å². The van der Waals surface area contributed by atoms with Gasteiger partial charge in [0.05, 0.1) is 6.21 Å². The zero-order valence-electron chi connectivity index (χ0n) is 13.9. The van der Waals surface area contributed by atoms with E-state index in [1.807, 2.05) is 0 Å². The van der Waals surface area contributed by atoms with Gasteiger partial charge in [0.1, 0.15) is 0 Å². The van der Waals surface area contributed by atoms with Crippen LogP contribution in [-0.2, 0) is 4.79 Å². The average molecular weight is 442 g/mol. The van der Waals surface area contributed by atoms with Gasteiger partial charge in [-0.2, -0.15) is 49.0 Å². The molecule has 0 spiro atoms. The Balaban J connectivity index is 2.49. The number of benzene rings is 1. The molecule has 0 atom stereocenters. The fourth-order valence-electron chi connectivity index (χ4n) is 2.40. The molecule has 14 heteroatoms. The molecule has 1 N–H and O–H groups in total. The molecule has 1 amide bonds. The maximum Gasteiger partial charge on any atom is 0.384 e. The van der Waals surface area contributed by atoms with Crippen molar-refractivity contribution < 1.29 is 53.1 Å². The van der Waals surface area contributed by atoms with Crippen molar-refractivity contribution in [3.8, 4) is 0 Å². The molecule has 0 aromatic heterocycles. The Bertz CT molecular complexity index is 803. The van der Waals surface area contributed by atoms with Crippen molar-refractivity contribution in [2.45, 2.75) is 42.2 Å². The molecule has 0 unspecified atom stereocenters. The van der Waals surface area contributed by atoms with Crippen LogP contribution in [0.25, 0.3) is 0 Å². The minimum atomic E-state index is -7.38. The molecule has 0 heterocycles. The number of carbonyl (C=O) groups is 1. The number of hydrogen-bond donors (Lipinski definition) is 1. The van der Waals surface area contributed by atoms with Gasteiger partial charge < -0.3 is 0 Å². The highest BCUT2D eigenvalue weighted by atomic mass is 19.4. The van der Waals surface area contributed by atoms with Gasteiger partial charge in [-0.05, 0) is 12.5 Å². The third-order valence-electron chi connectivity index (χ3n) is 4.21. The first-order valence-corrected chi connectivity index (χ1v) is 7.37. The lowest BCUT2D eigenvalue weighted by atomic mass is 9.72. The first-order chi connectivity index (χ1) is 12.9. The Hall–Kier alpha value is -2.41. The molecule has 1 saturated carbocycles. The summed E-state index contributed by atoms with van der Waals surface area (Å²) in [6.45, 7) is 1.64.